The van der Waals surface area contributed by atoms with E-state index in [1.54, 1.807) is 51.1 Å². The van der Waals surface area contributed by atoms with Crippen LogP contribution < -0.4 is 15.6 Å². The number of nitrogens with zero attached hydrogens (tertiary/aromatic N) is 6. The lowest BCUT2D eigenvalue weighted by Gasteiger charge is -2.37. The summed E-state index contributed by atoms with van der Waals surface area (Å²) in [4.78, 5) is 64.0. The van der Waals surface area contributed by atoms with Crippen LogP contribution in [0.1, 0.15) is 44.1 Å². The minimum Gasteiger partial charge on any atom is -0.496 e. The Morgan fingerprint density at radius 3 is 2.40 bits per heavy atom. The van der Waals surface area contributed by atoms with Gasteiger partial charge < -0.3 is 23.8 Å². The minimum absolute atomic E-state index is 0.0621. The molecule has 280 valence electrons. The summed E-state index contributed by atoms with van der Waals surface area (Å²) in [5.41, 5.74) is 2.27. The number of Topliss-reactive ketones (excluding diaryl/α,β-unsaturated/α-hetero) is 1. The highest BCUT2D eigenvalue weighted by Gasteiger charge is 2.31. The Kier molecular flexibility index (Phi) is 11.1. The molecule has 4 aliphatic rings. The number of dihydropyridines is 1. The summed E-state index contributed by atoms with van der Waals surface area (Å²) in [6.07, 6.45) is 13.0. The molecule has 1 atom stereocenters. The maximum absolute atomic E-state index is 15.8. The van der Waals surface area contributed by atoms with Crippen LogP contribution >= 0.6 is 0 Å². The molecule has 3 amide bonds. The van der Waals surface area contributed by atoms with E-state index in [1.807, 2.05) is 6.07 Å². The van der Waals surface area contributed by atoms with E-state index in [1.165, 1.54) is 15.5 Å². The number of aliphatic imine (C=N–C) groups is 1. The van der Waals surface area contributed by atoms with Crippen molar-refractivity contribution in [2.75, 3.05) is 52.9 Å². The lowest BCUT2D eigenvalue weighted by Crippen LogP contribution is -2.50. The van der Waals surface area contributed by atoms with Crippen molar-refractivity contribution in [3.63, 3.8) is 0 Å². The van der Waals surface area contributed by atoms with E-state index >= 15 is 4.39 Å². The van der Waals surface area contributed by atoms with Crippen molar-refractivity contribution in [2.24, 2.45) is 12.0 Å². The molecule has 6 heterocycles. The molecule has 1 unspecified atom stereocenters. The summed E-state index contributed by atoms with van der Waals surface area (Å²) >= 11 is 0. The van der Waals surface area contributed by atoms with Gasteiger partial charge in [-0.15, -0.1) is 0 Å². The first-order valence-corrected chi connectivity index (χ1v) is 18.4. The second-order valence-corrected chi connectivity index (χ2v) is 14.4. The third-order valence-corrected chi connectivity index (χ3v) is 10.9. The first-order valence-electron chi connectivity index (χ1n) is 18.4. The van der Waals surface area contributed by atoms with Crippen molar-refractivity contribution in [3.8, 4) is 16.9 Å². The van der Waals surface area contributed by atoms with Crippen molar-refractivity contribution in [1.29, 1.82) is 0 Å². The van der Waals surface area contributed by atoms with Gasteiger partial charge in [-0.3, -0.25) is 34.6 Å². The van der Waals surface area contributed by atoms with E-state index < -0.39 is 12.1 Å². The number of aromatic nitrogens is 2. The molecule has 4 aliphatic heterocycles. The molecular formula is C39H46FN7O6. The lowest BCUT2D eigenvalue weighted by molar-refractivity contribution is -0.121. The molecule has 0 saturated carbocycles. The number of allylic oxidation sites excluding steroid dienone is 1. The molecule has 0 bridgehead atoms. The Balaban J connectivity index is 0.858. The number of ketones is 1. The monoisotopic (exact) mass is 727 g/mol. The summed E-state index contributed by atoms with van der Waals surface area (Å²) in [7, 11) is 3.23. The Morgan fingerprint density at radius 2 is 1.68 bits per heavy atom. The van der Waals surface area contributed by atoms with Gasteiger partial charge in [-0.25, -0.2) is 9.18 Å². The first kappa shape index (κ1) is 36.6. The van der Waals surface area contributed by atoms with E-state index in [4.69, 9.17) is 9.47 Å². The van der Waals surface area contributed by atoms with E-state index in [-0.39, 0.29) is 48.2 Å². The van der Waals surface area contributed by atoms with Crippen molar-refractivity contribution in [1.82, 2.24) is 29.6 Å². The molecule has 3 saturated heterocycles. The number of urea groups is 1. The van der Waals surface area contributed by atoms with Gasteiger partial charge in [0.1, 0.15) is 17.6 Å². The number of carbonyl (C=O) groups is 3. The van der Waals surface area contributed by atoms with Gasteiger partial charge in [0.2, 0.25) is 5.91 Å². The van der Waals surface area contributed by atoms with Crippen LogP contribution in [0.5, 0.6) is 5.75 Å². The van der Waals surface area contributed by atoms with Crippen LogP contribution in [0, 0.1) is 5.82 Å². The highest BCUT2D eigenvalue weighted by atomic mass is 19.1. The van der Waals surface area contributed by atoms with Crippen LogP contribution in [0.15, 0.2) is 58.2 Å². The number of aryl methyl sites for hydroxylation is 1. The quantitative estimate of drug-likeness (QED) is 0.315. The Morgan fingerprint density at radius 1 is 0.943 bits per heavy atom. The fraction of sp³-hybridized carbons (Fsp3) is 0.487. The molecule has 1 aromatic carbocycles. The fourth-order valence-corrected chi connectivity index (χ4v) is 7.81. The van der Waals surface area contributed by atoms with Crippen LogP contribution in [-0.2, 0) is 27.9 Å². The van der Waals surface area contributed by atoms with Gasteiger partial charge in [0.05, 0.1) is 31.2 Å². The number of imide groups is 1. The maximum atomic E-state index is 15.8. The molecule has 3 aromatic rings. The minimum atomic E-state index is -0.464. The number of hydrogen-bond acceptors (Lipinski definition) is 10. The SMILES string of the molecule is COc1cc(-c2cn(C)c(=O)c3cnccc23)cc(F)c1CN1CCC(OC2CCN(CCC3N=CC=C(CN4CCC(=O)NC4=O)C3=O)CC2)CC1. The van der Waals surface area contributed by atoms with Crippen LogP contribution in [-0.4, -0.2) is 119 Å². The predicted octanol–water partition coefficient (Wildman–Crippen LogP) is 3.47. The Bertz CT molecular complexity index is 2000. The van der Waals surface area contributed by atoms with Crippen molar-refractivity contribution in [3.05, 3.63) is 70.2 Å². The van der Waals surface area contributed by atoms with Crippen LogP contribution in [0.2, 0.25) is 0 Å². The van der Waals surface area contributed by atoms with Gasteiger partial charge in [-0.1, -0.05) is 0 Å². The smallest absolute Gasteiger partial charge is 0.324 e. The third-order valence-electron chi connectivity index (χ3n) is 10.9. The number of amides is 3. The number of methoxy groups -OCH3 is 1. The van der Waals surface area contributed by atoms with Crippen molar-refractivity contribution in [2.45, 2.75) is 63.3 Å². The number of rotatable bonds is 11. The molecule has 0 aliphatic carbocycles. The molecule has 53 heavy (non-hydrogen) atoms. The third kappa shape index (κ3) is 8.24. The van der Waals surface area contributed by atoms with Gasteiger partial charge in [-0.2, -0.15) is 0 Å². The number of halogens is 1. The van der Waals surface area contributed by atoms with E-state index in [9.17, 15) is 19.2 Å². The topological polar surface area (TPSA) is 139 Å². The van der Waals surface area contributed by atoms with Gasteiger partial charge in [0.25, 0.3) is 5.56 Å². The summed E-state index contributed by atoms with van der Waals surface area (Å²) in [6.45, 7) is 5.02. The van der Waals surface area contributed by atoms with Gasteiger partial charge in [0.15, 0.2) is 5.78 Å². The summed E-state index contributed by atoms with van der Waals surface area (Å²) in [6, 6.07) is 4.22. The number of piperidine rings is 2. The second-order valence-electron chi connectivity index (χ2n) is 14.4. The van der Waals surface area contributed by atoms with Crippen molar-refractivity contribution < 1.29 is 28.2 Å². The standard InChI is InChI=1S/C39H46FN7O6/c1-44-23-31(29-4-11-41-21-30(29)38(44)50)26-19-33(40)32(35(20-26)52-2)24-46-15-7-28(8-16-46)53-27-5-13-45(14-6-27)17-9-34-37(49)25(3-12-42-34)22-47-18-10-36(48)43-39(47)51/h3-4,11-12,19-21,23,27-28,34H,5-10,13-18,22,24H2,1-2H3,(H,43,48,51). The number of likely N-dealkylation sites (tertiary alicyclic amines) is 2. The fourth-order valence-electron chi connectivity index (χ4n) is 7.81. The van der Waals surface area contributed by atoms with Crippen LogP contribution in [0.25, 0.3) is 21.9 Å². The van der Waals surface area contributed by atoms with Gasteiger partial charge >= 0.3 is 6.03 Å². The number of carbonyl (C=O) groups excluding carboxylic acids is 3. The van der Waals surface area contributed by atoms with E-state index in [0.29, 0.717) is 52.7 Å². The predicted molar refractivity (Wildman–Crippen MR) is 197 cm³/mol. The molecular weight excluding hydrogens is 681 g/mol. The zero-order valence-electron chi connectivity index (χ0n) is 30.3. The number of pyridine rings is 2. The number of fused-ring (bicyclic) bond motifs is 1. The van der Waals surface area contributed by atoms with E-state index in [0.717, 1.165) is 64.0 Å². The van der Waals surface area contributed by atoms with E-state index in [2.05, 4.69) is 25.1 Å². The molecule has 0 spiro atoms. The average Bonchev–Trinajstić information content (AvgIpc) is 3.16. The molecule has 2 aromatic heterocycles. The highest BCUT2D eigenvalue weighted by molar-refractivity contribution is 6.06. The number of hydrogen-bond donors (Lipinski definition) is 1. The summed E-state index contributed by atoms with van der Waals surface area (Å²) in [5, 5.41) is 3.49. The van der Waals surface area contributed by atoms with Crippen LogP contribution in [0.4, 0.5) is 9.18 Å². The summed E-state index contributed by atoms with van der Waals surface area (Å²) in [5.74, 6) is -0.227. The molecule has 14 heteroatoms. The zero-order chi connectivity index (χ0) is 37.1. The van der Waals surface area contributed by atoms with Gasteiger partial charge in [0, 0.05) is 101 Å². The molecule has 7 rings (SSSR count). The second kappa shape index (κ2) is 16.1. The molecule has 0 radical (unpaired) electrons. The zero-order valence-corrected chi connectivity index (χ0v) is 30.3. The van der Waals surface area contributed by atoms with Crippen LogP contribution in [0.3, 0.4) is 0 Å². The Labute approximate surface area is 307 Å². The molecule has 3 fully saturated rings. The largest absolute Gasteiger partial charge is 0.496 e. The first-order chi connectivity index (χ1) is 25.7. The number of nitrogens with one attached hydrogen (secondary N) is 1. The number of benzene rings is 1. The maximum Gasteiger partial charge on any atom is 0.324 e. The highest BCUT2D eigenvalue weighted by Crippen LogP contribution is 2.34. The molecule has 13 nitrogen and oxygen atoms in total. The average molecular weight is 728 g/mol. The summed E-state index contributed by atoms with van der Waals surface area (Å²) < 4.78 is 29.5. The Hall–Kier alpha value is -4.79. The van der Waals surface area contributed by atoms with Gasteiger partial charge in [-0.05, 0) is 67.3 Å². The van der Waals surface area contributed by atoms with Crippen molar-refractivity contribution >= 4 is 34.7 Å². The number of ether oxygens (including phenoxy) is 2. The normalized spacial score (nSPS) is 21.0. The molecule has 1 N–H and O–H groups in total. The lowest BCUT2D eigenvalue weighted by atomic mass is 9.98.